The van der Waals surface area contributed by atoms with E-state index in [4.69, 9.17) is 5.73 Å². The zero-order valence-corrected chi connectivity index (χ0v) is 10.1. The smallest absolute Gasteiger partial charge is 0.0309 e. The van der Waals surface area contributed by atoms with Crippen LogP contribution in [-0.4, -0.2) is 12.1 Å². The molecular formula is C14H22N2. The molecule has 0 bridgehead atoms. The van der Waals surface area contributed by atoms with Gasteiger partial charge in [0.25, 0.3) is 0 Å². The third kappa shape index (κ3) is 2.63. The summed E-state index contributed by atoms with van der Waals surface area (Å²) in [4.78, 5) is 0. The fourth-order valence-corrected chi connectivity index (χ4v) is 2.70. The van der Waals surface area contributed by atoms with Gasteiger partial charge in [-0.1, -0.05) is 37.3 Å². The van der Waals surface area contributed by atoms with Crippen molar-refractivity contribution in [3.05, 3.63) is 35.9 Å². The highest BCUT2D eigenvalue weighted by atomic mass is 15.0. The summed E-state index contributed by atoms with van der Waals surface area (Å²) in [6.07, 6.45) is 3.74. The number of benzene rings is 1. The van der Waals surface area contributed by atoms with E-state index in [1.54, 1.807) is 0 Å². The highest BCUT2D eigenvalue weighted by Crippen LogP contribution is 2.33. The second-order valence-electron chi connectivity index (χ2n) is 5.17. The molecule has 1 aliphatic carbocycles. The SMILES string of the molecule is CC1CCC(CN)(NCc2ccccc2)C1. The van der Waals surface area contributed by atoms with Gasteiger partial charge < -0.3 is 11.1 Å². The van der Waals surface area contributed by atoms with Gasteiger partial charge in [-0.3, -0.25) is 0 Å². The lowest BCUT2D eigenvalue weighted by atomic mass is 9.96. The predicted octanol–water partition coefficient (Wildman–Crippen LogP) is 2.29. The minimum absolute atomic E-state index is 0.190. The van der Waals surface area contributed by atoms with Gasteiger partial charge >= 0.3 is 0 Å². The monoisotopic (exact) mass is 218 g/mol. The first-order valence-electron chi connectivity index (χ1n) is 6.23. The van der Waals surface area contributed by atoms with Crippen LogP contribution in [0, 0.1) is 5.92 Å². The number of rotatable bonds is 4. The first-order valence-corrected chi connectivity index (χ1v) is 6.23. The average Bonchev–Trinajstić information content (AvgIpc) is 2.71. The fraction of sp³-hybridized carbons (Fsp3) is 0.571. The van der Waals surface area contributed by atoms with Crippen molar-refractivity contribution in [1.29, 1.82) is 0 Å². The van der Waals surface area contributed by atoms with Gasteiger partial charge in [0, 0.05) is 18.6 Å². The van der Waals surface area contributed by atoms with E-state index >= 15 is 0 Å². The number of nitrogens with one attached hydrogen (secondary N) is 1. The van der Waals surface area contributed by atoms with E-state index in [1.165, 1.54) is 24.8 Å². The Hall–Kier alpha value is -0.860. The van der Waals surface area contributed by atoms with E-state index in [0.717, 1.165) is 19.0 Å². The molecule has 0 saturated heterocycles. The quantitative estimate of drug-likeness (QED) is 0.813. The van der Waals surface area contributed by atoms with Crippen molar-refractivity contribution in [3.63, 3.8) is 0 Å². The van der Waals surface area contributed by atoms with Crippen molar-refractivity contribution in [2.45, 2.75) is 38.3 Å². The Morgan fingerprint density at radius 3 is 2.69 bits per heavy atom. The Kier molecular flexibility index (Phi) is 3.62. The maximum atomic E-state index is 5.93. The van der Waals surface area contributed by atoms with Gasteiger partial charge in [-0.25, -0.2) is 0 Å². The van der Waals surface area contributed by atoms with Crippen molar-refractivity contribution in [2.75, 3.05) is 6.54 Å². The molecule has 2 heteroatoms. The second kappa shape index (κ2) is 4.98. The number of nitrogens with two attached hydrogens (primary N) is 1. The molecule has 0 heterocycles. The van der Waals surface area contributed by atoms with Gasteiger partial charge in [-0.2, -0.15) is 0 Å². The van der Waals surface area contributed by atoms with Crippen molar-refractivity contribution < 1.29 is 0 Å². The van der Waals surface area contributed by atoms with Crippen molar-refractivity contribution in [2.24, 2.45) is 11.7 Å². The lowest BCUT2D eigenvalue weighted by Crippen LogP contribution is -2.48. The van der Waals surface area contributed by atoms with Crippen LogP contribution in [0.2, 0.25) is 0 Å². The Morgan fingerprint density at radius 2 is 2.12 bits per heavy atom. The molecule has 1 aliphatic rings. The van der Waals surface area contributed by atoms with E-state index in [1.807, 2.05) is 0 Å². The first kappa shape index (κ1) is 11.6. The number of hydrogen-bond acceptors (Lipinski definition) is 2. The highest BCUT2D eigenvalue weighted by molar-refractivity contribution is 5.15. The third-order valence-electron chi connectivity index (χ3n) is 3.76. The Labute approximate surface area is 98.2 Å². The van der Waals surface area contributed by atoms with Gasteiger partial charge in [0.2, 0.25) is 0 Å². The summed E-state index contributed by atoms with van der Waals surface area (Å²) in [5.41, 5.74) is 7.46. The molecule has 2 unspecified atom stereocenters. The molecule has 2 atom stereocenters. The molecule has 1 aromatic rings. The Bertz CT molecular complexity index is 323. The maximum Gasteiger partial charge on any atom is 0.0309 e. The van der Waals surface area contributed by atoms with Crippen LogP contribution < -0.4 is 11.1 Å². The van der Waals surface area contributed by atoms with Crippen LogP contribution in [0.15, 0.2) is 30.3 Å². The zero-order chi connectivity index (χ0) is 11.4. The summed E-state index contributed by atoms with van der Waals surface area (Å²) >= 11 is 0. The van der Waals surface area contributed by atoms with Crippen LogP contribution in [0.3, 0.4) is 0 Å². The topological polar surface area (TPSA) is 38.0 Å². The molecule has 0 aromatic heterocycles. The summed E-state index contributed by atoms with van der Waals surface area (Å²) < 4.78 is 0. The molecule has 3 N–H and O–H groups in total. The molecule has 0 radical (unpaired) electrons. The predicted molar refractivity (Wildman–Crippen MR) is 68.1 cm³/mol. The van der Waals surface area contributed by atoms with E-state index in [2.05, 4.69) is 42.6 Å². The largest absolute Gasteiger partial charge is 0.329 e. The summed E-state index contributed by atoms with van der Waals surface area (Å²) in [6.45, 7) is 4.01. The van der Waals surface area contributed by atoms with Crippen molar-refractivity contribution >= 4 is 0 Å². The van der Waals surface area contributed by atoms with Gasteiger partial charge in [-0.15, -0.1) is 0 Å². The lowest BCUT2D eigenvalue weighted by Gasteiger charge is -2.29. The first-order chi connectivity index (χ1) is 7.74. The standard InChI is InChI=1S/C14H22N2/c1-12-7-8-14(9-12,11-15)16-10-13-5-3-2-4-6-13/h2-6,12,16H,7-11,15H2,1H3. The summed E-state index contributed by atoms with van der Waals surface area (Å²) in [5, 5.41) is 3.67. The molecular weight excluding hydrogens is 196 g/mol. The average molecular weight is 218 g/mol. The molecule has 2 nitrogen and oxygen atoms in total. The molecule has 0 aliphatic heterocycles. The molecule has 88 valence electrons. The minimum atomic E-state index is 0.190. The van der Waals surface area contributed by atoms with E-state index in [0.29, 0.717) is 0 Å². The molecule has 1 fully saturated rings. The summed E-state index contributed by atoms with van der Waals surface area (Å²) in [7, 11) is 0. The van der Waals surface area contributed by atoms with Gasteiger partial charge in [0.1, 0.15) is 0 Å². The van der Waals surface area contributed by atoms with E-state index in [-0.39, 0.29) is 5.54 Å². The third-order valence-corrected chi connectivity index (χ3v) is 3.76. The van der Waals surface area contributed by atoms with Crippen molar-refractivity contribution in [1.82, 2.24) is 5.32 Å². The molecule has 1 aromatic carbocycles. The highest BCUT2D eigenvalue weighted by Gasteiger charge is 2.35. The molecule has 1 saturated carbocycles. The second-order valence-corrected chi connectivity index (χ2v) is 5.17. The molecule has 0 amide bonds. The van der Waals surface area contributed by atoms with E-state index < -0.39 is 0 Å². The maximum absolute atomic E-state index is 5.93. The van der Waals surface area contributed by atoms with Crippen LogP contribution in [0.4, 0.5) is 0 Å². The molecule has 16 heavy (non-hydrogen) atoms. The molecule has 2 rings (SSSR count). The van der Waals surface area contributed by atoms with Crippen LogP contribution in [-0.2, 0) is 6.54 Å². The minimum Gasteiger partial charge on any atom is -0.329 e. The van der Waals surface area contributed by atoms with Crippen LogP contribution in [0.5, 0.6) is 0 Å². The van der Waals surface area contributed by atoms with Crippen LogP contribution in [0.1, 0.15) is 31.7 Å². The van der Waals surface area contributed by atoms with Gasteiger partial charge in [0.05, 0.1) is 0 Å². The Morgan fingerprint density at radius 1 is 1.38 bits per heavy atom. The van der Waals surface area contributed by atoms with Crippen LogP contribution >= 0.6 is 0 Å². The van der Waals surface area contributed by atoms with Gasteiger partial charge in [-0.05, 0) is 30.7 Å². The van der Waals surface area contributed by atoms with Crippen LogP contribution in [0.25, 0.3) is 0 Å². The molecule has 0 spiro atoms. The fourth-order valence-electron chi connectivity index (χ4n) is 2.70. The zero-order valence-electron chi connectivity index (χ0n) is 10.1. The summed E-state index contributed by atoms with van der Waals surface area (Å²) in [5.74, 6) is 0.812. The lowest BCUT2D eigenvalue weighted by molar-refractivity contribution is 0.328. The van der Waals surface area contributed by atoms with Crippen molar-refractivity contribution in [3.8, 4) is 0 Å². The van der Waals surface area contributed by atoms with Gasteiger partial charge in [0.15, 0.2) is 0 Å². The summed E-state index contributed by atoms with van der Waals surface area (Å²) in [6, 6.07) is 10.6. The number of hydrogen-bond donors (Lipinski definition) is 2. The Balaban J connectivity index is 1.93. The van der Waals surface area contributed by atoms with E-state index in [9.17, 15) is 0 Å². The normalized spacial score (nSPS) is 29.5.